The van der Waals surface area contributed by atoms with Crippen molar-refractivity contribution in [2.75, 3.05) is 19.6 Å². The third-order valence-corrected chi connectivity index (χ3v) is 6.78. The molecule has 0 spiro atoms. The van der Waals surface area contributed by atoms with E-state index in [2.05, 4.69) is 10.6 Å². The maximum absolute atomic E-state index is 13.9. The Kier molecular flexibility index (Phi) is 12.0. The number of hydrogen-bond donors (Lipinski definition) is 3. The highest BCUT2D eigenvalue weighted by Gasteiger charge is 2.24. The van der Waals surface area contributed by atoms with Crippen LogP contribution in [0.2, 0.25) is 0 Å². The van der Waals surface area contributed by atoms with Gasteiger partial charge in [0.2, 0.25) is 0 Å². The van der Waals surface area contributed by atoms with Crippen LogP contribution in [0.3, 0.4) is 0 Å². The number of carbonyl (C=O) groups is 2. The molecule has 8 heteroatoms. The van der Waals surface area contributed by atoms with E-state index in [1.807, 2.05) is 52.0 Å². The van der Waals surface area contributed by atoms with E-state index < -0.39 is 29.7 Å². The summed E-state index contributed by atoms with van der Waals surface area (Å²) in [7, 11) is 0. The molecule has 220 valence electrons. The molecule has 0 saturated carbocycles. The lowest BCUT2D eigenvalue weighted by atomic mass is 9.99. The number of aryl methyl sites for hydroxylation is 2. The molecule has 0 aromatic heterocycles. The first-order valence-electron chi connectivity index (χ1n) is 14.2. The molecule has 0 heterocycles. The predicted octanol–water partition coefficient (Wildman–Crippen LogP) is 5.34. The Balaban J connectivity index is 1.81. The molecule has 0 aliphatic rings. The van der Waals surface area contributed by atoms with E-state index in [9.17, 15) is 23.5 Å². The van der Waals surface area contributed by atoms with Crippen LogP contribution < -0.4 is 10.6 Å². The molecule has 0 aliphatic heterocycles. The van der Waals surface area contributed by atoms with Gasteiger partial charge in [-0.05, 0) is 80.1 Å². The van der Waals surface area contributed by atoms with Gasteiger partial charge in [0, 0.05) is 43.4 Å². The van der Waals surface area contributed by atoms with Crippen LogP contribution in [0.1, 0.15) is 69.7 Å². The lowest BCUT2D eigenvalue weighted by molar-refractivity contribution is 0.0755. The summed E-state index contributed by atoms with van der Waals surface area (Å²) >= 11 is 0. The van der Waals surface area contributed by atoms with E-state index in [1.165, 1.54) is 12.1 Å². The van der Waals surface area contributed by atoms with Crippen LogP contribution in [0.25, 0.3) is 0 Å². The van der Waals surface area contributed by atoms with Gasteiger partial charge in [0.25, 0.3) is 11.8 Å². The molecule has 0 aliphatic carbocycles. The minimum Gasteiger partial charge on any atom is -0.390 e. The van der Waals surface area contributed by atoms with Crippen molar-refractivity contribution in [2.45, 2.75) is 65.6 Å². The highest BCUT2D eigenvalue weighted by molar-refractivity contribution is 6.00. The highest BCUT2D eigenvalue weighted by Crippen LogP contribution is 2.16. The first kappa shape index (κ1) is 31.9. The highest BCUT2D eigenvalue weighted by atomic mass is 19.1. The molecule has 3 aromatic rings. The monoisotopic (exact) mass is 565 g/mol. The maximum Gasteiger partial charge on any atom is 0.253 e. The van der Waals surface area contributed by atoms with E-state index in [0.29, 0.717) is 30.8 Å². The molecule has 0 saturated heterocycles. The standard InChI is InChI=1S/C33H41F2N3O3/c1-5-10-38(11-6-2)33(41)27-14-23(4)13-26(18-27)32(40)37-30(17-25-15-28(34)19-29(35)16-25)31(39)21-36-20-24-9-7-8-22(3)12-24/h7-9,12-16,18-19,30-31,36,39H,5-6,10-11,17,20-21H2,1-4H3,(H,37,40)/t30?,31-/m1/s1. The first-order valence-corrected chi connectivity index (χ1v) is 14.2. The summed E-state index contributed by atoms with van der Waals surface area (Å²) in [4.78, 5) is 28.4. The zero-order valence-corrected chi connectivity index (χ0v) is 24.3. The van der Waals surface area contributed by atoms with Crippen LogP contribution in [0.15, 0.2) is 60.7 Å². The van der Waals surface area contributed by atoms with Crippen molar-refractivity contribution in [3.63, 3.8) is 0 Å². The summed E-state index contributed by atoms with van der Waals surface area (Å²) in [5.41, 5.74) is 3.91. The van der Waals surface area contributed by atoms with Crippen molar-refractivity contribution in [1.82, 2.24) is 15.5 Å². The molecule has 1 unspecified atom stereocenters. The predicted molar refractivity (Wildman–Crippen MR) is 158 cm³/mol. The average Bonchev–Trinajstić information content (AvgIpc) is 2.91. The van der Waals surface area contributed by atoms with Gasteiger partial charge < -0.3 is 20.6 Å². The molecule has 0 bridgehead atoms. The van der Waals surface area contributed by atoms with Crippen LogP contribution in [0.4, 0.5) is 8.78 Å². The number of benzene rings is 3. The summed E-state index contributed by atoms with van der Waals surface area (Å²) < 4.78 is 27.9. The number of hydrogen-bond acceptors (Lipinski definition) is 4. The first-order chi connectivity index (χ1) is 19.6. The number of nitrogens with one attached hydrogen (secondary N) is 2. The molecule has 41 heavy (non-hydrogen) atoms. The van der Waals surface area contributed by atoms with Crippen molar-refractivity contribution in [3.05, 3.63) is 106 Å². The van der Waals surface area contributed by atoms with Gasteiger partial charge in [0.05, 0.1) is 12.1 Å². The Bertz CT molecular complexity index is 1300. The summed E-state index contributed by atoms with van der Waals surface area (Å²) in [6.07, 6.45) is 0.587. The van der Waals surface area contributed by atoms with Crippen molar-refractivity contribution in [2.24, 2.45) is 0 Å². The molecule has 0 radical (unpaired) electrons. The summed E-state index contributed by atoms with van der Waals surface area (Å²) in [6, 6.07) is 15.3. The number of aliphatic hydroxyl groups is 1. The zero-order valence-electron chi connectivity index (χ0n) is 24.3. The van der Waals surface area contributed by atoms with Crippen molar-refractivity contribution in [1.29, 1.82) is 0 Å². The second-order valence-electron chi connectivity index (χ2n) is 10.6. The van der Waals surface area contributed by atoms with Gasteiger partial charge in [-0.15, -0.1) is 0 Å². The number of nitrogens with zero attached hydrogens (tertiary/aromatic N) is 1. The van der Waals surface area contributed by atoms with Gasteiger partial charge in [-0.25, -0.2) is 8.78 Å². The van der Waals surface area contributed by atoms with Crippen LogP contribution in [-0.4, -0.2) is 53.6 Å². The van der Waals surface area contributed by atoms with Crippen molar-refractivity contribution in [3.8, 4) is 0 Å². The normalized spacial score (nSPS) is 12.6. The Morgan fingerprint density at radius 1 is 0.854 bits per heavy atom. The number of amides is 2. The number of aliphatic hydroxyl groups excluding tert-OH is 1. The molecule has 3 N–H and O–H groups in total. The minimum absolute atomic E-state index is 0.00604. The smallest absolute Gasteiger partial charge is 0.253 e. The Hall–Kier alpha value is -3.62. The summed E-state index contributed by atoms with van der Waals surface area (Å²) in [6.45, 7) is 9.71. The Morgan fingerprint density at radius 3 is 2.15 bits per heavy atom. The second-order valence-corrected chi connectivity index (χ2v) is 10.6. The van der Waals surface area contributed by atoms with Gasteiger partial charge in [-0.2, -0.15) is 0 Å². The van der Waals surface area contributed by atoms with Crippen molar-refractivity contribution >= 4 is 11.8 Å². The van der Waals surface area contributed by atoms with Crippen LogP contribution in [-0.2, 0) is 13.0 Å². The van der Waals surface area contributed by atoms with E-state index in [4.69, 9.17) is 0 Å². The fourth-order valence-electron chi connectivity index (χ4n) is 4.92. The van der Waals surface area contributed by atoms with Crippen LogP contribution >= 0.6 is 0 Å². The lowest BCUT2D eigenvalue weighted by Crippen LogP contribution is -2.48. The molecular weight excluding hydrogens is 524 g/mol. The number of carbonyl (C=O) groups excluding carboxylic acids is 2. The Morgan fingerprint density at radius 2 is 1.51 bits per heavy atom. The third-order valence-electron chi connectivity index (χ3n) is 6.78. The third kappa shape index (κ3) is 9.76. The molecule has 2 amide bonds. The summed E-state index contributed by atoms with van der Waals surface area (Å²) in [5, 5.41) is 17.2. The van der Waals surface area contributed by atoms with Crippen molar-refractivity contribution < 1.29 is 23.5 Å². The topological polar surface area (TPSA) is 81.7 Å². The van der Waals surface area contributed by atoms with Gasteiger partial charge >= 0.3 is 0 Å². The number of rotatable bonds is 14. The van der Waals surface area contributed by atoms with E-state index in [0.717, 1.165) is 35.6 Å². The van der Waals surface area contributed by atoms with E-state index >= 15 is 0 Å². The molecule has 0 fully saturated rings. The average molecular weight is 566 g/mol. The molecule has 3 rings (SSSR count). The van der Waals surface area contributed by atoms with Crippen LogP contribution in [0.5, 0.6) is 0 Å². The maximum atomic E-state index is 13.9. The number of halogens is 2. The summed E-state index contributed by atoms with van der Waals surface area (Å²) in [5.74, 6) is -2.09. The molecular formula is C33H41F2N3O3. The largest absolute Gasteiger partial charge is 0.390 e. The quantitative estimate of drug-likeness (QED) is 0.247. The minimum atomic E-state index is -1.06. The van der Waals surface area contributed by atoms with E-state index in [-0.39, 0.29) is 24.4 Å². The molecule has 2 atom stereocenters. The van der Waals surface area contributed by atoms with Gasteiger partial charge in [-0.1, -0.05) is 43.7 Å². The van der Waals surface area contributed by atoms with Gasteiger partial charge in [0.1, 0.15) is 11.6 Å². The molecule has 3 aromatic carbocycles. The fourth-order valence-corrected chi connectivity index (χ4v) is 4.92. The van der Waals surface area contributed by atoms with Gasteiger partial charge in [0.15, 0.2) is 0 Å². The lowest BCUT2D eigenvalue weighted by Gasteiger charge is -2.25. The molecule has 6 nitrogen and oxygen atoms in total. The zero-order chi connectivity index (χ0) is 29.9. The Labute approximate surface area is 241 Å². The fraction of sp³-hybridized carbons (Fsp3) is 0.394. The second kappa shape index (κ2) is 15.4. The van der Waals surface area contributed by atoms with Crippen LogP contribution in [0, 0.1) is 25.5 Å². The SMILES string of the molecule is CCCN(CCC)C(=O)c1cc(C)cc(C(=O)NC(Cc2cc(F)cc(F)c2)[C@H](O)CNCc2cccc(C)c2)c1. The van der Waals surface area contributed by atoms with E-state index in [1.54, 1.807) is 23.1 Å². The van der Waals surface area contributed by atoms with Gasteiger partial charge in [-0.3, -0.25) is 9.59 Å².